The van der Waals surface area contributed by atoms with Crippen LogP contribution < -0.4 is 9.80 Å². The van der Waals surface area contributed by atoms with Crippen LogP contribution in [0.1, 0.15) is 69.8 Å². The van der Waals surface area contributed by atoms with Crippen LogP contribution in [0.15, 0.2) is 302 Å². The highest BCUT2D eigenvalue weighted by molar-refractivity contribution is 6.28. The van der Waals surface area contributed by atoms with Crippen molar-refractivity contribution < 1.29 is 0 Å². The molecule has 0 atom stereocenters. The monoisotopic (exact) mass is 1050 g/mol. The molecule has 13 aromatic rings. The Kier molecular flexibility index (Phi) is 11.0. The minimum Gasteiger partial charge on any atom is -0.310 e. The van der Waals surface area contributed by atoms with Crippen molar-refractivity contribution in [1.82, 2.24) is 0 Å². The highest BCUT2D eigenvalue weighted by Crippen LogP contribution is 2.59. The van der Waals surface area contributed by atoms with E-state index in [1.54, 1.807) is 0 Å². The van der Waals surface area contributed by atoms with Gasteiger partial charge in [0.15, 0.2) is 0 Å². The largest absolute Gasteiger partial charge is 0.310 e. The Bertz CT molecular complexity index is 4640. The first kappa shape index (κ1) is 47.9. The topological polar surface area (TPSA) is 6.48 Å². The first-order valence-electron chi connectivity index (χ1n) is 29.0. The van der Waals surface area contributed by atoms with E-state index in [0.29, 0.717) is 0 Å². The maximum absolute atomic E-state index is 2.55. The van der Waals surface area contributed by atoms with Crippen molar-refractivity contribution in [3.8, 4) is 22.3 Å². The molecule has 0 aromatic heterocycles. The van der Waals surface area contributed by atoms with Gasteiger partial charge in [0.2, 0.25) is 0 Å². The van der Waals surface area contributed by atoms with Crippen molar-refractivity contribution in [2.24, 2.45) is 0 Å². The van der Waals surface area contributed by atoms with Gasteiger partial charge in [-0.1, -0.05) is 242 Å². The molecule has 0 saturated carbocycles. The summed E-state index contributed by atoms with van der Waals surface area (Å²) in [5.74, 6) is 0. The fourth-order valence-corrected chi connectivity index (χ4v) is 14.9. The minimum absolute atomic E-state index is 0.529. The van der Waals surface area contributed by atoms with Gasteiger partial charge in [-0.05, 0) is 175 Å². The van der Waals surface area contributed by atoms with Gasteiger partial charge in [-0.15, -0.1) is 0 Å². The van der Waals surface area contributed by atoms with Gasteiger partial charge in [-0.2, -0.15) is 0 Å². The quantitative estimate of drug-likeness (QED) is 0.126. The fourth-order valence-electron chi connectivity index (χ4n) is 14.9. The number of anilines is 5. The molecule has 0 amide bonds. The van der Waals surface area contributed by atoms with Gasteiger partial charge in [-0.25, -0.2) is 0 Å². The molecule has 0 unspecified atom stereocenters. The smallest absolute Gasteiger partial charge is 0.0714 e. The predicted molar refractivity (Wildman–Crippen MR) is 344 cm³/mol. The van der Waals surface area contributed by atoms with Gasteiger partial charge in [0.25, 0.3) is 0 Å². The molecule has 0 fully saturated rings. The van der Waals surface area contributed by atoms with Crippen molar-refractivity contribution >= 4 is 60.8 Å². The fraction of sp³-hybridized carbons (Fsp3) is 0.0750. The number of aryl methyl sites for hydroxylation is 1. The maximum Gasteiger partial charge on any atom is 0.0714 e. The van der Waals surface area contributed by atoms with Crippen LogP contribution >= 0.6 is 0 Å². The standard InChI is InChI=1S/C80H58N2/c1-53-21-17-29-61(49-53)81(63-31-19-27-59(51-63)79(57-23-5-3-6-24-57)71-37-13-9-33-65(71)66-34-10-14-38-72(66)79)75-47-43-55-42-46-70-76(48-44-56-41-45-69(75)77(55)78(56)70)82(62-30-18-22-54(2)50-62)64-32-20-28-60(52-64)80(58-25-7-4-8-26-58)73-39-15-11-35-67(73)68-36-12-16-40-74(68)80/h3-17,19-21,23-52H,18,22H2,1-2H3. The molecule has 0 radical (unpaired) electrons. The van der Waals surface area contributed by atoms with Gasteiger partial charge in [0.05, 0.1) is 22.2 Å². The van der Waals surface area contributed by atoms with Crippen LogP contribution in [-0.2, 0) is 10.8 Å². The lowest BCUT2D eigenvalue weighted by Crippen LogP contribution is -2.29. The molecule has 3 aliphatic carbocycles. The summed E-state index contributed by atoms with van der Waals surface area (Å²) in [6, 6.07) is 105. The summed E-state index contributed by atoms with van der Waals surface area (Å²) in [6.07, 6.45) is 6.90. The Hall–Kier alpha value is -10.0. The van der Waals surface area contributed by atoms with E-state index in [1.165, 1.54) is 116 Å². The number of hydrogen-bond donors (Lipinski definition) is 0. The zero-order valence-corrected chi connectivity index (χ0v) is 46.0. The Morgan fingerprint density at radius 3 is 1.18 bits per heavy atom. The minimum atomic E-state index is -0.539. The number of nitrogens with zero attached hydrogens (tertiary/aromatic N) is 2. The van der Waals surface area contributed by atoms with E-state index in [4.69, 9.17) is 0 Å². The summed E-state index contributed by atoms with van der Waals surface area (Å²) in [5, 5.41) is 7.41. The summed E-state index contributed by atoms with van der Waals surface area (Å²) >= 11 is 0. The zero-order valence-electron chi connectivity index (χ0n) is 46.0. The van der Waals surface area contributed by atoms with Crippen LogP contribution in [-0.4, -0.2) is 0 Å². The molecule has 82 heavy (non-hydrogen) atoms. The van der Waals surface area contributed by atoms with Crippen molar-refractivity contribution in [2.45, 2.75) is 37.5 Å². The lowest BCUT2D eigenvalue weighted by atomic mass is 9.67. The maximum atomic E-state index is 2.55. The molecule has 2 heteroatoms. The van der Waals surface area contributed by atoms with Crippen molar-refractivity contribution in [1.29, 1.82) is 0 Å². The molecular formula is C80H58N2. The van der Waals surface area contributed by atoms with Crippen molar-refractivity contribution in [2.75, 3.05) is 9.80 Å². The molecule has 2 nitrogen and oxygen atoms in total. The third kappa shape index (κ3) is 7.01. The summed E-state index contributed by atoms with van der Waals surface area (Å²) in [6.45, 7) is 4.49. The van der Waals surface area contributed by atoms with E-state index in [1.807, 2.05) is 0 Å². The van der Waals surface area contributed by atoms with Gasteiger partial charge in [-0.3, -0.25) is 0 Å². The average molecular weight is 1050 g/mol. The van der Waals surface area contributed by atoms with Gasteiger partial charge in [0.1, 0.15) is 0 Å². The second-order valence-corrected chi connectivity index (χ2v) is 22.8. The van der Waals surface area contributed by atoms with Crippen molar-refractivity contribution in [3.63, 3.8) is 0 Å². The second-order valence-electron chi connectivity index (χ2n) is 22.8. The van der Waals surface area contributed by atoms with Crippen LogP contribution in [0.3, 0.4) is 0 Å². The second kappa shape index (κ2) is 18.8. The van der Waals surface area contributed by atoms with E-state index >= 15 is 0 Å². The SMILES string of the molecule is CC1=CC(N(c2cccc(C3(c4ccccc4)c4ccccc4-c4ccccc43)c2)c2ccc3ccc4c(N(c5cccc(C)c5)c5cccc(C6(c7ccccc7)c7ccccc7-c7ccccc76)c5)ccc5ccc2c3c54)=CCC1. The van der Waals surface area contributed by atoms with E-state index in [2.05, 4.69) is 315 Å². The third-order valence-electron chi connectivity index (χ3n) is 18.3. The number of allylic oxidation sites excluding steroid dienone is 3. The van der Waals surface area contributed by atoms with Crippen LogP contribution in [0, 0.1) is 6.92 Å². The number of hydrogen-bond acceptors (Lipinski definition) is 2. The first-order chi connectivity index (χ1) is 40.5. The van der Waals surface area contributed by atoms with Crippen LogP contribution in [0.2, 0.25) is 0 Å². The summed E-state index contributed by atoms with van der Waals surface area (Å²) in [4.78, 5) is 5.06. The van der Waals surface area contributed by atoms with Gasteiger partial charge < -0.3 is 9.80 Å². The van der Waals surface area contributed by atoms with Crippen LogP contribution in [0.4, 0.5) is 28.4 Å². The number of fused-ring (bicyclic) bond motifs is 6. The first-order valence-corrected chi connectivity index (χ1v) is 29.0. The molecule has 0 saturated heterocycles. The van der Waals surface area contributed by atoms with E-state index in [0.717, 1.165) is 41.3 Å². The average Bonchev–Trinajstić information content (AvgIpc) is 2.10. The van der Waals surface area contributed by atoms with E-state index in [-0.39, 0.29) is 0 Å². The Labute approximate surface area is 480 Å². The summed E-state index contributed by atoms with van der Waals surface area (Å²) in [5.41, 5.74) is 23.8. The Morgan fingerprint density at radius 2 is 0.720 bits per heavy atom. The van der Waals surface area contributed by atoms with Crippen molar-refractivity contribution in [3.05, 3.63) is 353 Å². The predicted octanol–water partition coefficient (Wildman–Crippen LogP) is 20.9. The van der Waals surface area contributed by atoms with Gasteiger partial charge >= 0.3 is 0 Å². The molecule has 388 valence electrons. The molecule has 13 aromatic carbocycles. The zero-order chi connectivity index (χ0) is 54.5. The molecule has 0 aliphatic heterocycles. The summed E-state index contributed by atoms with van der Waals surface area (Å²) in [7, 11) is 0. The summed E-state index contributed by atoms with van der Waals surface area (Å²) < 4.78 is 0. The molecule has 0 N–H and O–H groups in total. The van der Waals surface area contributed by atoms with Gasteiger partial charge in [0, 0.05) is 33.5 Å². The van der Waals surface area contributed by atoms with E-state index < -0.39 is 10.8 Å². The normalized spacial score (nSPS) is 14.5. The Morgan fingerprint density at radius 1 is 0.329 bits per heavy atom. The molecule has 3 aliphatic rings. The molecular weight excluding hydrogens is 989 g/mol. The van der Waals surface area contributed by atoms with E-state index in [9.17, 15) is 0 Å². The highest BCUT2D eigenvalue weighted by atomic mass is 15.2. The molecule has 0 bridgehead atoms. The number of rotatable bonds is 10. The Balaban J connectivity index is 0.906. The van der Waals surface area contributed by atoms with Crippen LogP contribution in [0.25, 0.3) is 54.6 Å². The number of benzene rings is 13. The molecule has 0 heterocycles. The lowest BCUT2D eigenvalue weighted by molar-refractivity contribution is 0.768. The molecule has 0 spiro atoms. The molecule has 16 rings (SSSR count). The lowest BCUT2D eigenvalue weighted by Gasteiger charge is -2.36. The highest BCUT2D eigenvalue weighted by Gasteiger charge is 2.47. The third-order valence-corrected chi connectivity index (χ3v) is 18.3. The van der Waals surface area contributed by atoms with Crippen LogP contribution in [0.5, 0.6) is 0 Å².